The molecule has 0 spiro atoms. The minimum absolute atomic E-state index is 0.558. The quantitative estimate of drug-likeness (QED) is 0.850. The fraction of sp³-hybridized carbons (Fsp3) is 0.571. The van der Waals surface area contributed by atoms with Gasteiger partial charge in [-0.15, -0.1) is 0 Å². The van der Waals surface area contributed by atoms with E-state index in [-0.39, 0.29) is 0 Å². The largest absolute Gasteiger partial charge is 0.367 e. The molecule has 0 unspecified atom stereocenters. The minimum Gasteiger partial charge on any atom is -0.367 e. The molecule has 0 aromatic heterocycles. The number of hydrogen-bond acceptors (Lipinski definition) is 2. The lowest BCUT2D eigenvalue weighted by Gasteiger charge is -2.33. The van der Waals surface area contributed by atoms with E-state index in [0.29, 0.717) is 12.1 Å². The number of hydrogen-bond donors (Lipinski definition) is 1. The molecule has 1 rings (SSSR count). The van der Waals surface area contributed by atoms with Crippen LogP contribution in [0.25, 0.3) is 0 Å². The Morgan fingerprint density at radius 2 is 1.38 bits per heavy atom. The molecule has 0 aliphatic heterocycles. The highest BCUT2D eigenvalue weighted by Gasteiger charge is 2.12. The molecule has 0 aliphatic carbocycles. The van der Waals surface area contributed by atoms with Crippen LogP contribution in [0.3, 0.4) is 0 Å². The Bertz CT molecular complexity index is 247. The van der Waals surface area contributed by atoms with E-state index in [9.17, 15) is 0 Å². The molecule has 0 atom stereocenters. The summed E-state index contributed by atoms with van der Waals surface area (Å²) in [5, 5.41) is 0. The van der Waals surface area contributed by atoms with Gasteiger partial charge in [0.05, 0.1) is 0 Å². The third-order valence-corrected chi connectivity index (χ3v) is 2.17. The Hall–Kier alpha value is -1.02. The average Bonchev–Trinajstić information content (AvgIpc) is 2.19. The summed E-state index contributed by atoms with van der Waals surface area (Å²) in [6.07, 6.45) is 0. The predicted octanol–water partition coefficient (Wildman–Crippen LogP) is 3.27. The van der Waals surface area contributed by atoms with E-state index >= 15 is 0 Å². The van der Waals surface area contributed by atoms with Crippen LogP contribution in [0, 0.1) is 0 Å². The zero-order valence-corrected chi connectivity index (χ0v) is 11.3. The summed E-state index contributed by atoms with van der Waals surface area (Å²) in [7, 11) is 0. The van der Waals surface area contributed by atoms with Crippen LogP contribution in [0.2, 0.25) is 0 Å². The van der Waals surface area contributed by atoms with Crippen LogP contribution in [0.1, 0.15) is 34.6 Å². The molecule has 2 N–H and O–H groups in total. The van der Waals surface area contributed by atoms with Gasteiger partial charge in [-0.3, -0.25) is 0 Å². The maximum absolute atomic E-state index is 4.85. The van der Waals surface area contributed by atoms with Crippen LogP contribution < -0.4 is 10.6 Å². The highest BCUT2D eigenvalue weighted by Crippen LogP contribution is 2.18. The first-order chi connectivity index (χ1) is 7.54. The Kier molecular flexibility index (Phi) is 7.65. The lowest BCUT2D eigenvalue weighted by atomic mass is 10.2. The Labute approximate surface area is 100 Å². The molecule has 0 fully saturated rings. The van der Waals surface area contributed by atoms with Crippen molar-refractivity contribution >= 4 is 5.69 Å². The van der Waals surface area contributed by atoms with Crippen molar-refractivity contribution in [3.63, 3.8) is 0 Å². The number of anilines is 1. The second kappa shape index (κ2) is 8.17. The number of nitrogens with two attached hydrogens (primary N) is 1. The Morgan fingerprint density at radius 3 is 1.69 bits per heavy atom. The SMILES string of the molecule is CC(C)N(c1ccccc1)C(C)C.CCN. The summed E-state index contributed by atoms with van der Waals surface area (Å²) < 4.78 is 0. The van der Waals surface area contributed by atoms with Crippen molar-refractivity contribution in [2.45, 2.75) is 46.7 Å². The number of rotatable bonds is 3. The molecule has 0 heterocycles. The van der Waals surface area contributed by atoms with Crippen molar-refractivity contribution in [1.82, 2.24) is 0 Å². The molecule has 1 aromatic rings. The van der Waals surface area contributed by atoms with Gasteiger partial charge in [0.15, 0.2) is 0 Å². The molecule has 0 aliphatic rings. The van der Waals surface area contributed by atoms with E-state index in [0.717, 1.165) is 6.54 Å². The van der Waals surface area contributed by atoms with Crippen molar-refractivity contribution in [3.05, 3.63) is 30.3 Å². The first-order valence-electron chi connectivity index (χ1n) is 6.08. The lowest BCUT2D eigenvalue weighted by molar-refractivity contribution is 0.608. The van der Waals surface area contributed by atoms with Crippen LogP contribution in [-0.2, 0) is 0 Å². The monoisotopic (exact) mass is 222 g/mol. The van der Waals surface area contributed by atoms with E-state index in [4.69, 9.17) is 5.73 Å². The first kappa shape index (κ1) is 15.0. The molecule has 0 radical (unpaired) electrons. The Morgan fingerprint density at radius 1 is 1.00 bits per heavy atom. The standard InChI is InChI=1S/C12H19N.C2H7N/c1-10(2)13(11(3)4)12-8-6-5-7-9-12;1-2-3/h5-11H,1-4H3;2-3H2,1H3. The molecular weight excluding hydrogens is 196 g/mol. The third kappa shape index (κ3) is 5.17. The van der Waals surface area contributed by atoms with Crippen LogP contribution >= 0.6 is 0 Å². The fourth-order valence-electron chi connectivity index (χ4n) is 1.79. The molecule has 16 heavy (non-hydrogen) atoms. The van der Waals surface area contributed by atoms with Crippen LogP contribution in [0.15, 0.2) is 30.3 Å². The second-order valence-electron chi connectivity index (χ2n) is 4.34. The first-order valence-corrected chi connectivity index (χ1v) is 6.08. The molecule has 92 valence electrons. The summed E-state index contributed by atoms with van der Waals surface area (Å²) in [4.78, 5) is 2.42. The van der Waals surface area contributed by atoms with E-state index in [1.54, 1.807) is 0 Å². The third-order valence-electron chi connectivity index (χ3n) is 2.17. The van der Waals surface area contributed by atoms with Crippen molar-refractivity contribution < 1.29 is 0 Å². The number of para-hydroxylation sites is 1. The smallest absolute Gasteiger partial charge is 0.0370 e. The maximum Gasteiger partial charge on any atom is 0.0370 e. The van der Waals surface area contributed by atoms with Gasteiger partial charge in [0.2, 0.25) is 0 Å². The van der Waals surface area contributed by atoms with E-state index in [2.05, 4.69) is 62.9 Å². The van der Waals surface area contributed by atoms with Gasteiger partial charge in [0.25, 0.3) is 0 Å². The summed E-state index contributed by atoms with van der Waals surface area (Å²) >= 11 is 0. The van der Waals surface area contributed by atoms with Gasteiger partial charge in [-0.1, -0.05) is 25.1 Å². The molecule has 2 nitrogen and oxygen atoms in total. The number of benzene rings is 1. The lowest BCUT2D eigenvalue weighted by Crippen LogP contribution is -2.36. The summed E-state index contributed by atoms with van der Waals surface area (Å²) in [6.45, 7) is 11.6. The van der Waals surface area contributed by atoms with Gasteiger partial charge in [-0.05, 0) is 46.4 Å². The molecule has 2 heteroatoms. The summed E-state index contributed by atoms with van der Waals surface area (Å²) in [6, 6.07) is 11.7. The van der Waals surface area contributed by atoms with E-state index in [1.165, 1.54) is 5.69 Å². The van der Waals surface area contributed by atoms with E-state index in [1.807, 2.05) is 6.92 Å². The zero-order chi connectivity index (χ0) is 12.6. The van der Waals surface area contributed by atoms with Gasteiger partial charge in [0, 0.05) is 17.8 Å². The molecule has 0 amide bonds. The maximum atomic E-state index is 4.85. The molecule has 0 saturated carbocycles. The van der Waals surface area contributed by atoms with Crippen molar-refractivity contribution in [3.8, 4) is 0 Å². The van der Waals surface area contributed by atoms with Crippen LogP contribution in [0.4, 0.5) is 5.69 Å². The minimum atomic E-state index is 0.558. The number of nitrogens with zero attached hydrogens (tertiary/aromatic N) is 1. The molecule has 0 bridgehead atoms. The fourth-order valence-corrected chi connectivity index (χ4v) is 1.79. The summed E-state index contributed by atoms with van der Waals surface area (Å²) in [5.74, 6) is 0. The average molecular weight is 222 g/mol. The summed E-state index contributed by atoms with van der Waals surface area (Å²) in [5.41, 5.74) is 6.16. The molecular formula is C14H26N2. The van der Waals surface area contributed by atoms with Crippen LogP contribution in [-0.4, -0.2) is 18.6 Å². The van der Waals surface area contributed by atoms with Crippen LogP contribution in [0.5, 0.6) is 0 Å². The van der Waals surface area contributed by atoms with Gasteiger partial charge >= 0.3 is 0 Å². The normalized spacial score (nSPS) is 10.0. The van der Waals surface area contributed by atoms with E-state index < -0.39 is 0 Å². The van der Waals surface area contributed by atoms with Crippen molar-refractivity contribution in [2.24, 2.45) is 5.73 Å². The highest BCUT2D eigenvalue weighted by molar-refractivity contribution is 5.47. The topological polar surface area (TPSA) is 29.3 Å². The van der Waals surface area contributed by atoms with Crippen molar-refractivity contribution in [2.75, 3.05) is 11.4 Å². The van der Waals surface area contributed by atoms with Gasteiger partial charge in [-0.2, -0.15) is 0 Å². The second-order valence-corrected chi connectivity index (χ2v) is 4.34. The van der Waals surface area contributed by atoms with Gasteiger partial charge in [-0.25, -0.2) is 0 Å². The zero-order valence-electron chi connectivity index (χ0n) is 11.3. The molecule has 1 aromatic carbocycles. The van der Waals surface area contributed by atoms with Gasteiger partial charge < -0.3 is 10.6 Å². The highest BCUT2D eigenvalue weighted by atomic mass is 15.2. The van der Waals surface area contributed by atoms with Gasteiger partial charge in [0.1, 0.15) is 0 Å². The molecule has 0 saturated heterocycles. The van der Waals surface area contributed by atoms with Crippen molar-refractivity contribution in [1.29, 1.82) is 0 Å². The Balaban J connectivity index is 0.000000673. The predicted molar refractivity (Wildman–Crippen MR) is 73.9 cm³/mol.